The van der Waals surface area contributed by atoms with Gasteiger partial charge in [0.1, 0.15) is 6.73 Å². The minimum absolute atomic E-state index is 0.0472. The highest BCUT2D eigenvalue weighted by atomic mass is 16.5. The fourth-order valence-electron chi connectivity index (χ4n) is 0.993. The zero-order valence-corrected chi connectivity index (χ0v) is 6.91. The Morgan fingerprint density at radius 3 is 2.91 bits per heavy atom. The number of rotatable bonds is 3. The van der Waals surface area contributed by atoms with Gasteiger partial charge in [0.2, 0.25) is 5.91 Å². The predicted molar refractivity (Wildman–Crippen MR) is 41.9 cm³/mol. The van der Waals surface area contributed by atoms with E-state index in [0.29, 0.717) is 13.3 Å². The second-order valence-electron chi connectivity index (χ2n) is 2.53. The Morgan fingerprint density at radius 2 is 2.45 bits per heavy atom. The second kappa shape index (κ2) is 3.53. The first-order chi connectivity index (χ1) is 5.25. The Bertz CT molecular complexity index is 177. The van der Waals surface area contributed by atoms with Crippen LogP contribution in [0.5, 0.6) is 0 Å². The maximum absolute atomic E-state index is 11.0. The molecule has 62 valence electrons. The Morgan fingerprint density at radius 1 is 1.73 bits per heavy atom. The van der Waals surface area contributed by atoms with Crippen molar-refractivity contribution in [3.63, 3.8) is 0 Å². The highest BCUT2D eigenvalue weighted by molar-refractivity contribution is 5.90. The van der Waals surface area contributed by atoms with E-state index >= 15 is 0 Å². The summed E-state index contributed by atoms with van der Waals surface area (Å²) in [6.45, 7) is 4.94. The van der Waals surface area contributed by atoms with E-state index in [-0.39, 0.29) is 11.9 Å². The Balaban J connectivity index is 2.39. The van der Waals surface area contributed by atoms with Crippen molar-refractivity contribution < 1.29 is 9.53 Å². The molecule has 0 aromatic heterocycles. The van der Waals surface area contributed by atoms with Crippen LogP contribution >= 0.6 is 0 Å². The summed E-state index contributed by atoms with van der Waals surface area (Å²) in [5.41, 5.74) is 0. The zero-order chi connectivity index (χ0) is 8.27. The molecule has 3 heteroatoms. The molecule has 0 aromatic carbocycles. The van der Waals surface area contributed by atoms with Crippen LogP contribution in [-0.2, 0) is 9.53 Å². The predicted octanol–water partition coefficient (Wildman–Crippen LogP) is 0.767. The van der Waals surface area contributed by atoms with E-state index in [0.717, 1.165) is 0 Å². The van der Waals surface area contributed by atoms with Crippen LogP contribution in [0.25, 0.3) is 0 Å². The van der Waals surface area contributed by atoms with Gasteiger partial charge in [-0.05, 0) is 13.8 Å². The first-order valence-corrected chi connectivity index (χ1v) is 3.82. The molecule has 11 heavy (non-hydrogen) atoms. The van der Waals surface area contributed by atoms with E-state index in [1.165, 1.54) is 0 Å². The van der Waals surface area contributed by atoms with Crippen molar-refractivity contribution in [2.75, 3.05) is 13.3 Å². The molecule has 0 unspecified atom stereocenters. The Labute approximate surface area is 66.6 Å². The van der Waals surface area contributed by atoms with E-state index in [1.54, 1.807) is 11.0 Å². The summed E-state index contributed by atoms with van der Waals surface area (Å²) in [4.78, 5) is 12.7. The smallest absolute Gasteiger partial charge is 0.248 e. The first-order valence-electron chi connectivity index (χ1n) is 3.82. The molecular weight excluding hydrogens is 142 g/mol. The summed E-state index contributed by atoms with van der Waals surface area (Å²) in [5, 5.41) is 0. The van der Waals surface area contributed by atoms with Crippen LogP contribution in [0.3, 0.4) is 0 Å². The lowest BCUT2D eigenvalue weighted by Crippen LogP contribution is -2.33. The average Bonchev–Trinajstić information content (AvgIpc) is 2.29. The van der Waals surface area contributed by atoms with Crippen LogP contribution in [0.15, 0.2) is 12.2 Å². The van der Waals surface area contributed by atoms with E-state index < -0.39 is 0 Å². The molecule has 1 amide bonds. The van der Waals surface area contributed by atoms with Gasteiger partial charge in [0, 0.05) is 12.7 Å². The maximum Gasteiger partial charge on any atom is 0.248 e. The molecule has 0 spiro atoms. The second-order valence-corrected chi connectivity index (χ2v) is 2.53. The van der Waals surface area contributed by atoms with Gasteiger partial charge in [-0.15, -0.1) is 0 Å². The van der Waals surface area contributed by atoms with Gasteiger partial charge in [-0.3, -0.25) is 4.79 Å². The molecule has 0 bridgehead atoms. The van der Waals surface area contributed by atoms with Crippen LogP contribution < -0.4 is 0 Å². The molecule has 1 heterocycles. The molecule has 3 nitrogen and oxygen atoms in total. The highest BCUT2D eigenvalue weighted by Gasteiger charge is 2.20. The Hall–Kier alpha value is -0.830. The van der Waals surface area contributed by atoms with E-state index in [1.807, 2.05) is 19.9 Å². The van der Waals surface area contributed by atoms with Crippen molar-refractivity contribution in [3.05, 3.63) is 12.2 Å². The average molecular weight is 155 g/mol. The standard InChI is InChI=1S/C8H13NO2/c1-3-11-6-9-7(2)4-5-8(9)10/h4-5,7H,3,6H2,1-2H3/t7-/m0/s1. The van der Waals surface area contributed by atoms with Crippen molar-refractivity contribution in [3.8, 4) is 0 Å². The summed E-state index contributed by atoms with van der Waals surface area (Å²) in [6.07, 6.45) is 3.46. The lowest BCUT2D eigenvalue weighted by Gasteiger charge is -2.20. The summed E-state index contributed by atoms with van der Waals surface area (Å²) in [7, 11) is 0. The molecule has 1 atom stereocenters. The topological polar surface area (TPSA) is 29.5 Å². The van der Waals surface area contributed by atoms with Gasteiger partial charge in [0.15, 0.2) is 0 Å². The minimum atomic E-state index is 0.0472. The van der Waals surface area contributed by atoms with Crippen molar-refractivity contribution in [1.29, 1.82) is 0 Å². The van der Waals surface area contributed by atoms with Crippen LogP contribution in [0.4, 0.5) is 0 Å². The molecule has 0 saturated heterocycles. The molecule has 0 radical (unpaired) electrons. The monoisotopic (exact) mass is 155 g/mol. The summed E-state index contributed by atoms with van der Waals surface area (Å²) in [5.74, 6) is 0.0472. The molecule has 1 aliphatic rings. The summed E-state index contributed by atoms with van der Waals surface area (Å²) < 4.78 is 5.12. The summed E-state index contributed by atoms with van der Waals surface area (Å²) in [6, 6.07) is 0.189. The van der Waals surface area contributed by atoms with Crippen LogP contribution in [-0.4, -0.2) is 30.2 Å². The lowest BCUT2D eigenvalue weighted by molar-refractivity contribution is -0.131. The molecule has 0 N–H and O–H groups in total. The van der Waals surface area contributed by atoms with Gasteiger partial charge in [0.25, 0.3) is 0 Å². The van der Waals surface area contributed by atoms with Gasteiger partial charge >= 0.3 is 0 Å². The fourth-order valence-corrected chi connectivity index (χ4v) is 0.993. The van der Waals surface area contributed by atoms with Crippen LogP contribution in [0.1, 0.15) is 13.8 Å². The third-order valence-corrected chi connectivity index (χ3v) is 1.73. The van der Waals surface area contributed by atoms with Crippen molar-refractivity contribution >= 4 is 5.91 Å². The van der Waals surface area contributed by atoms with Crippen molar-refractivity contribution in [2.45, 2.75) is 19.9 Å². The largest absolute Gasteiger partial charge is 0.361 e. The zero-order valence-electron chi connectivity index (χ0n) is 6.91. The fraction of sp³-hybridized carbons (Fsp3) is 0.625. The highest BCUT2D eigenvalue weighted by Crippen LogP contribution is 2.09. The van der Waals surface area contributed by atoms with Gasteiger partial charge in [-0.25, -0.2) is 0 Å². The van der Waals surface area contributed by atoms with E-state index in [9.17, 15) is 4.79 Å². The summed E-state index contributed by atoms with van der Waals surface area (Å²) >= 11 is 0. The SMILES string of the molecule is CCOCN1C(=O)C=C[C@@H]1C. The Kier molecular flexibility index (Phi) is 2.65. The normalized spacial score (nSPS) is 23.3. The van der Waals surface area contributed by atoms with Crippen molar-refractivity contribution in [2.24, 2.45) is 0 Å². The molecule has 0 aromatic rings. The number of ether oxygens (including phenoxy) is 1. The van der Waals surface area contributed by atoms with Crippen LogP contribution in [0.2, 0.25) is 0 Å². The number of nitrogens with zero attached hydrogens (tertiary/aromatic N) is 1. The number of hydrogen-bond acceptors (Lipinski definition) is 2. The van der Waals surface area contributed by atoms with Gasteiger partial charge < -0.3 is 9.64 Å². The molecule has 0 aliphatic carbocycles. The molecule has 1 rings (SSSR count). The molecule has 0 saturated carbocycles. The maximum atomic E-state index is 11.0. The van der Waals surface area contributed by atoms with Gasteiger partial charge in [-0.1, -0.05) is 6.08 Å². The van der Waals surface area contributed by atoms with Crippen LogP contribution in [0, 0.1) is 0 Å². The number of carbonyl (C=O) groups is 1. The number of hydrogen-bond donors (Lipinski definition) is 0. The quantitative estimate of drug-likeness (QED) is 0.602. The number of carbonyl (C=O) groups excluding carboxylic acids is 1. The van der Waals surface area contributed by atoms with Gasteiger partial charge in [0.05, 0.1) is 6.04 Å². The molecule has 1 aliphatic heterocycles. The third-order valence-electron chi connectivity index (χ3n) is 1.73. The molecular formula is C8H13NO2. The number of amides is 1. The molecule has 0 fully saturated rings. The van der Waals surface area contributed by atoms with E-state index in [2.05, 4.69) is 0 Å². The lowest BCUT2D eigenvalue weighted by atomic mass is 10.3. The van der Waals surface area contributed by atoms with E-state index in [4.69, 9.17) is 4.74 Å². The van der Waals surface area contributed by atoms with Gasteiger partial charge in [-0.2, -0.15) is 0 Å². The first kappa shape index (κ1) is 8.27. The minimum Gasteiger partial charge on any atom is -0.361 e. The third kappa shape index (κ3) is 1.80. The van der Waals surface area contributed by atoms with Crippen molar-refractivity contribution in [1.82, 2.24) is 4.90 Å².